The lowest BCUT2D eigenvalue weighted by atomic mass is 9.98. The van der Waals surface area contributed by atoms with Crippen molar-refractivity contribution in [2.45, 2.75) is 33.1 Å². The molecule has 0 unspecified atom stereocenters. The molecular weight excluding hydrogens is 333 g/mol. The van der Waals surface area contributed by atoms with Crippen molar-refractivity contribution in [3.8, 4) is 0 Å². The van der Waals surface area contributed by atoms with Crippen LogP contribution in [0.15, 0.2) is 18.3 Å². The van der Waals surface area contributed by atoms with Crippen LogP contribution in [-0.4, -0.2) is 21.7 Å². The molecule has 0 spiro atoms. The van der Waals surface area contributed by atoms with Gasteiger partial charge in [0.15, 0.2) is 22.6 Å². The van der Waals surface area contributed by atoms with Crippen molar-refractivity contribution in [3.63, 3.8) is 0 Å². The summed E-state index contributed by atoms with van der Waals surface area (Å²) in [6, 6.07) is 2.81. The fourth-order valence-electron chi connectivity index (χ4n) is 2.78. The van der Waals surface area contributed by atoms with Crippen LogP contribution < -0.4 is 4.90 Å². The van der Waals surface area contributed by atoms with Gasteiger partial charge in [0.05, 0.1) is 23.4 Å². The highest BCUT2D eigenvalue weighted by atomic mass is 35.5. The number of hydrogen-bond acceptors (Lipinski definition) is 4. The summed E-state index contributed by atoms with van der Waals surface area (Å²) in [5.41, 5.74) is 2.13. The number of anilines is 2. The number of nitrogens with zero attached hydrogens (tertiary/aromatic N) is 3. The number of Topliss-reactive ketones (excluding diaryl/α,β-unsaturated/α-hetero) is 1. The monoisotopic (exact) mass is 347 g/mol. The van der Waals surface area contributed by atoms with Gasteiger partial charge in [-0.25, -0.2) is 9.37 Å². The Hall–Kier alpha value is -2.34. The Morgan fingerprint density at radius 2 is 2.04 bits per heavy atom. The van der Waals surface area contributed by atoms with E-state index in [9.17, 15) is 14.0 Å². The van der Waals surface area contributed by atoms with Gasteiger partial charge in [-0.3, -0.25) is 19.5 Å². The van der Waals surface area contributed by atoms with Gasteiger partial charge in [0.1, 0.15) is 0 Å². The normalized spacial score (nSPS) is 14.3. The first kappa shape index (κ1) is 16.5. The average molecular weight is 348 g/mol. The molecule has 0 radical (unpaired) electrons. The molecule has 5 nitrogen and oxygen atoms in total. The Balaban J connectivity index is 2.31. The van der Waals surface area contributed by atoms with Crippen LogP contribution >= 0.6 is 11.6 Å². The molecule has 0 aromatic carbocycles. The van der Waals surface area contributed by atoms with Crippen molar-refractivity contribution in [1.29, 1.82) is 0 Å². The fraction of sp³-hybridized carbons (Fsp3) is 0.294. The average Bonchev–Trinajstić information content (AvgIpc) is 2.50. The molecule has 0 saturated heterocycles. The third-order valence-corrected chi connectivity index (χ3v) is 4.18. The number of carbonyl (C=O) groups is 2. The number of ketones is 1. The van der Waals surface area contributed by atoms with Gasteiger partial charge < -0.3 is 0 Å². The number of rotatable bonds is 2. The number of carbonyl (C=O) groups excluding carboxylic acids is 2. The molecule has 2 aromatic heterocycles. The zero-order chi connectivity index (χ0) is 17.6. The topological polar surface area (TPSA) is 63.2 Å². The van der Waals surface area contributed by atoms with Gasteiger partial charge in [-0.15, -0.1) is 0 Å². The molecule has 1 aliphatic heterocycles. The fourth-order valence-corrected chi connectivity index (χ4v) is 2.91. The third-order valence-electron chi connectivity index (χ3n) is 3.91. The van der Waals surface area contributed by atoms with Crippen molar-refractivity contribution >= 4 is 34.8 Å². The minimum atomic E-state index is -0.787. The summed E-state index contributed by atoms with van der Waals surface area (Å²) in [4.78, 5) is 34.4. The number of pyridine rings is 2. The number of halogens is 2. The van der Waals surface area contributed by atoms with Crippen molar-refractivity contribution in [3.05, 3.63) is 46.1 Å². The maximum atomic E-state index is 13.7. The van der Waals surface area contributed by atoms with Crippen LogP contribution in [0.3, 0.4) is 0 Å². The van der Waals surface area contributed by atoms with E-state index in [4.69, 9.17) is 11.6 Å². The van der Waals surface area contributed by atoms with Crippen molar-refractivity contribution in [2.75, 3.05) is 4.90 Å². The lowest BCUT2D eigenvalue weighted by molar-refractivity contribution is -0.117. The molecule has 3 heterocycles. The molecule has 124 valence electrons. The van der Waals surface area contributed by atoms with Crippen LogP contribution in [0.25, 0.3) is 0 Å². The van der Waals surface area contributed by atoms with Gasteiger partial charge in [0.2, 0.25) is 5.91 Å². The Kier molecular flexibility index (Phi) is 4.09. The van der Waals surface area contributed by atoms with Crippen LogP contribution in [0, 0.1) is 12.7 Å². The van der Waals surface area contributed by atoms with E-state index in [0.717, 1.165) is 11.6 Å². The summed E-state index contributed by atoms with van der Waals surface area (Å²) in [6.45, 7) is 5.76. The van der Waals surface area contributed by atoms with Gasteiger partial charge >= 0.3 is 0 Å². The van der Waals surface area contributed by atoms with E-state index in [0.29, 0.717) is 11.4 Å². The number of fused-ring (bicyclic) bond motifs is 1. The van der Waals surface area contributed by atoms with E-state index in [1.807, 2.05) is 20.8 Å². The molecule has 24 heavy (non-hydrogen) atoms. The molecule has 0 bridgehead atoms. The largest absolute Gasteiger partial charge is 0.293 e. The minimum Gasteiger partial charge on any atom is -0.293 e. The summed E-state index contributed by atoms with van der Waals surface area (Å²) in [6.07, 6.45) is 1.32. The number of amides is 1. The first-order chi connectivity index (χ1) is 11.3. The van der Waals surface area contributed by atoms with Crippen molar-refractivity contribution in [2.24, 2.45) is 0 Å². The maximum Gasteiger partial charge on any atom is 0.240 e. The smallest absolute Gasteiger partial charge is 0.240 e. The van der Waals surface area contributed by atoms with Gasteiger partial charge in [-0.2, -0.15) is 0 Å². The lowest BCUT2D eigenvalue weighted by Gasteiger charge is -2.30. The third kappa shape index (κ3) is 2.57. The standard InChI is InChI=1S/C17H15ClFN3O2/c1-8(2)14-15(9(3)4-5-20-14)22-13(24)7-12(23)10-6-11(19)16(18)21-17(10)22/h4-6,8H,7H2,1-3H3. The Labute approximate surface area is 143 Å². The highest BCUT2D eigenvalue weighted by molar-refractivity contribution is 6.30. The Morgan fingerprint density at radius 3 is 2.71 bits per heavy atom. The van der Waals surface area contributed by atoms with E-state index >= 15 is 0 Å². The molecule has 0 saturated carbocycles. The van der Waals surface area contributed by atoms with Crippen LogP contribution in [-0.2, 0) is 4.79 Å². The predicted molar refractivity (Wildman–Crippen MR) is 88.4 cm³/mol. The van der Waals surface area contributed by atoms with Crippen LogP contribution in [0.2, 0.25) is 5.15 Å². The second-order valence-electron chi connectivity index (χ2n) is 5.98. The second-order valence-corrected chi connectivity index (χ2v) is 6.34. The van der Waals surface area contributed by atoms with Gasteiger partial charge in [-0.1, -0.05) is 25.4 Å². The molecular formula is C17H15ClFN3O2. The molecule has 0 fully saturated rings. The summed E-state index contributed by atoms with van der Waals surface area (Å²) in [5, 5.41) is -0.381. The van der Waals surface area contributed by atoms with E-state index in [1.165, 1.54) is 4.90 Å². The van der Waals surface area contributed by atoms with Crippen molar-refractivity contribution < 1.29 is 14.0 Å². The molecule has 0 N–H and O–H groups in total. The molecule has 0 aliphatic carbocycles. The summed E-state index contributed by atoms with van der Waals surface area (Å²) < 4.78 is 13.7. The number of aryl methyl sites for hydroxylation is 1. The summed E-state index contributed by atoms with van der Waals surface area (Å²) >= 11 is 5.78. The summed E-state index contributed by atoms with van der Waals surface area (Å²) in [7, 11) is 0. The molecule has 1 amide bonds. The Morgan fingerprint density at radius 1 is 1.33 bits per heavy atom. The predicted octanol–water partition coefficient (Wildman–Crippen LogP) is 3.95. The minimum absolute atomic E-state index is 0.0460. The first-order valence-electron chi connectivity index (χ1n) is 7.49. The maximum absolute atomic E-state index is 13.7. The zero-order valence-electron chi connectivity index (χ0n) is 13.4. The molecule has 0 atom stereocenters. The van der Waals surface area contributed by atoms with Gasteiger partial charge in [-0.05, 0) is 30.5 Å². The van der Waals surface area contributed by atoms with Gasteiger partial charge in [0, 0.05) is 6.20 Å². The van der Waals surface area contributed by atoms with Crippen LogP contribution in [0.4, 0.5) is 15.9 Å². The zero-order valence-corrected chi connectivity index (χ0v) is 14.2. The van der Waals surface area contributed by atoms with E-state index in [-0.39, 0.29) is 28.9 Å². The van der Waals surface area contributed by atoms with Crippen molar-refractivity contribution in [1.82, 2.24) is 9.97 Å². The number of aromatic nitrogens is 2. The van der Waals surface area contributed by atoms with Gasteiger partial charge in [0.25, 0.3) is 0 Å². The highest BCUT2D eigenvalue weighted by Gasteiger charge is 2.35. The molecule has 7 heteroatoms. The second kappa shape index (κ2) is 5.94. The quantitative estimate of drug-likeness (QED) is 0.609. The number of hydrogen-bond donors (Lipinski definition) is 0. The highest BCUT2D eigenvalue weighted by Crippen LogP contribution is 2.39. The molecule has 1 aliphatic rings. The van der Waals surface area contributed by atoms with E-state index in [2.05, 4.69) is 9.97 Å². The summed E-state index contributed by atoms with van der Waals surface area (Å²) in [5.74, 6) is -1.59. The van der Waals surface area contributed by atoms with E-state index < -0.39 is 17.5 Å². The lowest BCUT2D eigenvalue weighted by Crippen LogP contribution is -2.36. The molecule has 2 aromatic rings. The van der Waals surface area contributed by atoms with Crippen LogP contribution in [0.1, 0.15) is 47.8 Å². The Bertz CT molecular complexity index is 867. The van der Waals surface area contributed by atoms with E-state index in [1.54, 1.807) is 12.3 Å². The van der Waals surface area contributed by atoms with Crippen LogP contribution in [0.5, 0.6) is 0 Å². The SMILES string of the molecule is Cc1ccnc(C(C)C)c1N1C(=O)CC(=O)c2cc(F)c(Cl)nc21. The first-order valence-corrected chi connectivity index (χ1v) is 7.86. The molecule has 3 rings (SSSR count).